The predicted molar refractivity (Wildman–Crippen MR) is 136 cm³/mol. The molecule has 0 amide bonds. The second-order valence-electron chi connectivity index (χ2n) is 10.0. The average molecular weight is 530 g/mol. The molecule has 4 rings (SSSR count). The summed E-state index contributed by atoms with van der Waals surface area (Å²) in [6, 6.07) is 16.9. The Hall–Kier alpha value is -3.59. The van der Waals surface area contributed by atoms with Crippen LogP contribution in [0.1, 0.15) is 66.4 Å². The van der Waals surface area contributed by atoms with E-state index in [1.807, 2.05) is 26.8 Å². The van der Waals surface area contributed by atoms with Crippen LogP contribution >= 0.6 is 0 Å². The fraction of sp³-hybridized carbons (Fsp3) is 0.250. The van der Waals surface area contributed by atoms with Crippen LogP contribution in [0.4, 0.5) is 13.2 Å². The standard InChI is InChI=1S/C28H26F3NO4S/c1-17(18-8-10-19(11-9-18)26(33)34)25-15-20-14-22(28(29,30)31)12-13-24(20)32(25)37(35,36)23-7-5-6-21(16-23)27(2,3)4/h5-17H,1-4H3,(H,33,34). The number of hydrogen-bond donors (Lipinski definition) is 1. The molecule has 0 radical (unpaired) electrons. The first-order valence-electron chi connectivity index (χ1n) is 11.5. The topological polar surface area (TPSA) is 76.4 Å². The second-order valence-corrected chi connectivity index (χ2v) is 11.8. The number of benzene rings is 3. The van der Waals surface area contributed by atoms with E-state index in [1.54, 1.807) is 31.2 Å². The van der Waals surface area contributed by atoms with Crippen LogP contribution in [-0.4, -0.2) is 23.5 Å². The molecule has 0 fully saturated rings. The Balaban J connectivity index is 1.97. The molecule has 3 aromatic carbocycles. The van der Waals surface area contributed by atoms with E-state index >= 15 is 0 Å². The van der Waals surface area contributed by atoms with Crippen LogP contribution in [0.25, 0.3) is 10.9 Å². The lowest BCUT2D eigenvalue weighted by atomic mass is 9.87. The molecule has 5 nitrogen and oxygen atoms in total. The van der Waals surface area contributed by atoms with Crippen LogP contribution in [0.5, 0.6) is 0 Å². The Morgan fingerprint density at radius 1 is 0.892 bits per heavy atom. The summed E-state index contributed by atoms with van der Waals surface area (Å²) in [6.45, 7) is 7.59. The van der Waals surface area contributed by atoms with Crippen LogP contribution in [0.3, 0.4) is 0 Å². The first-order chi connectivity index (χ1) is 17.1. The maximum absolute atomic E-state index is 14.0. The van der Waals surface area contributed by atoms with Gasteiger partial charge in [-0.05, 0) is 65.1 Å². The number of halogens is 3. The second kappa shape index (κ2) is 9.06. The Morgan fingerprint density at radius 2 is 1.54 bits per heavy atom. The van der Waals surface area contributed by atoms with Crippen molar-refractivity contribution < 1.29 is 31.5 Å². The zero-order chi connectivity index (χ0) is 27.3. The molecule has 1 N–H and O–H groups in total. The van der Waals surface area contributed by atoms with Crippen molar-refractivity contribution in [2.75, 3.05) is 0 Å². The van der Waals surface area contributed by atoms with E-state index in [2.05, 4.69) is 0 Å². The molecule has 0 aliphatic rings. The Bertz CT molecular complexity index is 1600. The van der Waals surface area contributed by atoms with Crippen molar-refractivity contribution in [2.45, 2.75) is 50.1 Å². The van der Waals surface area contributed by atoms with Gasteiger partial charge in [-0.1, -0.05) is 52.0 Å². The molecule has 1 heterocycles. The minimum atomic E-state index is -4.59. The SMILES string of the molecule is CC(c1ccc(C(=O)O)cc1)c1cc2cc(C(F)(F)F)ccc2n1S(=O)(=O)c1cccc(C(C)(C)C)c1. The largest absolute Gasteiger partial charge is 0.478 e. The summed E-state index contributed by atoms with van der Waals surface area (Å²) in [5, 5.41) is 9.33. The zero-order valence-corrected chi connectivity index (χ0v) is 21.5. The highest BCUT2D eigenvalue weighted by Gasteiger charge is 2.33. The monoisotopic (exact) mass is 529 g/mol. The summed E-state index contributed by atoms with van der Waals surface area (Å²) >= 11 is 0. The van der Waals surface area contributed by atoms with E-state index in [9.17, 15) is 31.5 Å². The molecule has 0 saturated heterocycles. The molecule has 194 valence electrons. The molecule has 1 atom stereocenters. The first kappa shape index (κ1) is 26.5. The lowest BCUT2D eigenvalue weighted by Crippen LogP contribution is -2.19. The van der Waals surface area contributed by atoms with Crippen molar-refractivity contribution in [3.05, 3.63) is 101 Å². The van der Waals surface area contributed by atoms with Gasteiger partial charge in [-0.3, -0.25) is 0 Å². The maximum atomic E-state index is 14.0. The maximum Gasteiger partial charge on any atom is 0.416 e. The van der Waals surface area contributed by atoms with Gasteiger partial charge in [0.2, 0.25) is 0 Å². The van der Waals surface area contributed by atoms with Gasteiger partial charge >= 0.3 is 12.1 Å². The molecule has 4 aromatic rings. The number of alkyl halides is 3. The van der Waals surface area contributed by atoms with Crippen molar-refractivity contribution in [1.29, 1.82) is 0 Å². The van der Waals surface area contributed by atoms with Gasteiger partial charge in [-0.25, -0.2) is 17.2 Å². The minimum Gasteiger partial charge on any atom is -0.478 e. The normalized spacial score (nSPS) is 13.6. The van der Waals surface area contributed by atoms with Crippen LogP contribution in [-0.2, 0) is 21.6 Å². The molecular weight excluding hydrogens is 503 g/mol. The Kier molecular flexibility index (Phi) is 6.48. The smallest absolute Gasteiger partial charge is 0.416 e. The molecular formula is C28H26F3NO4S. The van der Waals surface area contributed by atoms with E-state index in [-0.39, 0.29) is 32.5 Å². The van der Waals surface area contributed by atoms with Gasteiger partial charge in [0, 0.05) is 17.0 Å². The van der Waals surface area contributed by atoms with E-state index in [0.29, 0.717) is 5.56 Å². The van der Waals surface area contributed by atoms with Crippen LogP contribution in [0, 0.1) is 0 Å². The lowest BCUT2D eigenvalue weighted by molar-refractivity contribution is -0.137. The van der Waals surface area contributed by atoms with E-state index in [0.717, 1.165) is 21.7 Å². The minimum absolute atomic E-state index is 0.0204. The molecule has 0 saturated carbocycles. The Morgan fingerprint density at radius 3 is 2.11 bits per heavy atom. The van der Waals surface area contributed by atoms with E-state index in [4.69, 9.17) is 0 Å². The highest BCUT2D eigenvalue weighted by molar-refractivity contribution is 7.90. The van der Waals surface area contributed by atoms with Gasteiger partial charge in [0.05, 0.1) is 21.5 Å². The number of rotatable bonds is 5. The van der Waals surface area contributed by atoms with E-state index < -0.39 is 33.7 Å². The van der Waals surface area contributed by atoms with Crippen molar-refractivity contribution in [2.24, 2.45) is 0 Å². The van der Waals surface area contributed by atoms with Gasteiger partial charge in [-0.15, -0.1) is 0 Å². The van der Waals surface area contributed by atoms with Crippen LogP contribution in [0.2, 0.25) is 0 Å². The van der Waals surface area contributed by atoms with Crippen LogP contribution in [0.15, 0.2) is 77.7 Å². The van der Waals surface area contributed by atoms with E-state index in [1.165, 1.54) is 30.3 Å². The first-order valence-corrected chi connectivity index (χ1v) is 13.0. The van der Waals surface area contributed by atoms with Gasteiger partial charge in [-0.2, -0.15) is 13.2 Å². The molecule has 0 aliphatic heterocycles. The van der Waals surface area contributed by atoms with Gasteiger partial charge in [0.15, 0.2) is 0 Å². The number of carboxylic acids is 1. The summed E-state index contributed by atoms with van der Waals surface area (Å²) in [7, 11) is -4.22. The molecule has 37 heavy (non-hydrogen) atoms. The highest BCUT2D eigenvalue weighted by atomic mass is 32.2. The fourth-order valence-corrected chi connectivity index (χ4v) is 5.92. The summed E-state index contributed by atoms with van der Waals surface area (Å²) in [6.07, 6.45) is -4.59. The molecule has 1 unspecified atom stereocenters. The Labute approximate surface area is 213 Å². The summed E-state index contributed by atoms with van der Waals surface area (Å²) in [5.74, 6) is -1.68. The van der Waals surface area contributed by atoms with Gasteiger partial charge in [0.1, 0.15) is 0 Å². The zero-order valence-electron chi connectivity index (χ0n) is 20.7. The molecule has 0 aliphatic carbocycles. The van der Waals surface area contributed by atoms with Crippen molar-refractivity contribution in [1.82, 2.24) is 3.97 Å². The molecule has 0 bridgehead atoms. The van der Waals surface area contributed by atoms with Crippen molar-refractivity contribution >= 4 is 26.9 Å². The quantitative estimate of drug-likeness (QED) is 0.301. The third-order valence-electron chi connectivity index (χ3n) is 6.45. The average Bonchev–Trinajstić information content (AvgIpc) is 3.22. The number of carbonyl (C=O) groups is 1. The fourth-order valence-electron chi connectivity index (χ4n) is 4.27. The summed E-state index contributed by atoms with van der Waals surface area (Å²) in [4.78, 5) is 11.3. The van der Waals surface area contributed by atoms with Gasteiger partial charge < -0.3 is 5.11 Å². The number of aromatic nitrogens is 1. The number of hydrogen-bond acceptors (Lipinski definition) is 3. The molecule has 1 aromatic heterocycles. The lowest BCUT2D eigenvalue weighted by Gasteiger charge is -2.21. The molecule has 9 heteroatoms. The number of aromatic carboxylic acids is 1. The van der Waals surface area contributed by atoms with Gasteiger partial charge in [0.25, 0.3) is 10.0 Å². The molecule has 0 spiro atoms. The third-order valence-corrected chi connectivity index (χ3v) is 8.19. The summed E-state index contributed by atoms with van der Waals surface area (Å²) in [5.41, 5.74) is 0.657. The summed E-state index contributed by atoms with van der Waals surface area (Å²) < 4.78 is 69.5. The van der Waals surface area contributed by atoms with Crippen LogP contribution < -0.4 is 0 Å². The number of fused-ring (bicyclic) bond motifs is 1. The number of nitrogens with zero attached hydrogens (tertiary/aromatic N) is 1. The highest BCUT2D eigenvalue weighted by Crippen LogP contribution is 2.37. The van der Waals surface area contributed by atoms with Crippen molar-refractivity contribution in [3.63, 3.8) is 0 Å². The third kappa shape index (κ3) is 5.00. The predicted octanol–water partition coefficient (Wildman–Crippen LogP) is 7.04. The van der Waals surface area contributed by atoms with Crippen molar-refractivity contribution in [3.8, 4) is 0 Å². The number of carboxylic acid groups (broad SMARTS) is 1.